The Balaban J connectivity index is 2.33. The number of nitrogen functional groups attached to an aromatic ring is 1. The first-order valence-corrected chi connectivity index (χ1v) is 5.37. The second-order valence-electron chi connectivity index (χ2n) is 3.70. The quantitative estimate of drug-likeness (QED) is 0.680. The Hall–Kier alpha value is -2.50. The van der Waals surface area contributed by atoms with E-state index in [1.807, 2.05) is 0 Å². The van der Waals surface area contributed by atoms with E-state index < -0.39 is 6.61 Å². The number of ether oxygens (including phenoxy) is 1. The summed E-state index contributed by atoms with van der Waals surface area (Å²) in [6.07, 6.45) is 2.93. The molecule has 1 aromatic carbocycles. The van der Waals surface area contributed by atoms with E-state index in [0.717, 1.165) is 0 Å². The van der Waals surface area contributed by atoms with E-state index >= 15 is 0 Å². The number of rotatable bonds is 4. The van der Waals surface area contributed by atoms with Crippen molar-refractivity contribution in [3.63, 3.8) is 0 Å². The lowest BCUT2D eigenvalue weighted by Gasteiger charge is -2.09. The fourth-order valence-corrected chi connectivity index (χ4v) is 1.54. The molecule has 0 bridgehead atoms. The number of aromatic nitrogens is 1. The molecule has 0 atom stereocenters. The number of alkyl halides is 2. The number of nitrogens with zero attached hydrogens (tertiary/aromatic N) is 1. The number of anilines is 1. The van der Waals surface area contributed by atoms with Gasteiger partial charge in [-0.1, -0.05) is 0 Å². The van der Waals surface area contributed by atoms with Gasteiger partial charge < -0.3 is 10.5 Å². The van der Waals surface area contributed by atoms with Crippen molar-refractivity contribution in [1.29, 1.82) is 0 Å². The zero-order chi connectivity index (χ0) is 13.8. The first kappa shape index (κ1) is 12.9. The maximum absolute atomic E-state index is 12.2. The Morgan fingerprint density at radius 1 is 1.26 bits per heavy atom. The predicted molar refractivity (Wildman–Crippen MR) is 65.2 cm³/mol. The number of carbonyl (C=O) groups excluding carboxylic acids is 1. The van der Waals surface area contributed by atoms with E-state index in [4.69, 9.17) is 5.73 Å². The van der Waals surface area contributed by atoms with Gasteiger partial charge in [0.2, 0.25) is 0 Å². The minimum Gasteiger partial charge on any atom is -0.433 e. The van der Waals surface area contributed by atoms with Gasteiger partial charge in [0, 0.05) is 23.5 Å². The Labute approximate surface area is 107 Å². The van der Waals surface area contributed by atoms with E-state index in [1.165, 1.54) is 30.6 Å². The van der Waals surface area contributed by atoms with Crippen LogP contribution in [0.2, 0.25) is 0 Å². The third-order valence-corrected chi connectivity index (χ3v) is 2.42. The monoisotopic (exact) mass is 264 g/mol. The van der Waals surface area contributed by atoms with Crippen molar-refractivity contribution in [2.45, 2.75) is 6.61 Å². The molecule has 0 amide bonds. The van der Waals surface area contributed by atoms with Crippen LogP contribution >= 0.6 is 0 Å². The van der Waals surface area contributed by atoms with Crippen LogP contribution in [0.25, 0.3) is 0 Å². The van der Waals surface area contributed by atoms with Crippen molar-refractivity contribution in [3.8, 4) is 5.75 Å². The summed E-state index contributed by atoms with van der Waals surface area (Å²) < 4.78 is 28.6. The van der Waals surface area contributed by atoms with Gasteiger partial charge in [-0.15, -0.1) is 0 Å². The maximum Gasteiger partial charge on any atom is 0.387 e. The summed E-state index contributed by atoms with van der Waals surface area (Å²) in [6.45, 7) is -2.99. The fraction of sp³-hybridized carbons (Fsp3) is 0.0769. The fourth-order valence-electron chi connectivity index (χ4n) is 1.54. The summed E-state index contributed by atoms with van der Waals surface area (Å²) in [5.74, 6) is -0.558. The summed E-state index contributed by atoms with van der Waals surface area (Å²) >= 11 is 0. The van der Waals surface area contributed by atoms with E-state index in [0.29, 0.717) is 5.56 Å². The highest BCUT2D eigenvalue weighted by molar-refractivity contribution is 6.09. The number of ketones is 1. The summed E-state index contributed by atoms with van der Waals surface area (Å²) in [5.41, 5.74) is 6.10. The third-order valence-electron chi connectivity index (χ3n) is 2.42. The van der Waals surface area contributed by atoms with Crippen LogP contribution in [0.1, 0.15) is 15.9 Å². The SMILES string of the molecule is Nc1ccc(C(=O)c2cccnc2)cc1OC(F)F. The van der Waals surface area contributed by atoms with E-state index in [-0.39, 0.29) is 22.8 Å². The standard InChI is InChI=1S/C13H10F2N2O2/c14-13(15)19-11-6-8(3-4-10(11)16)12(18)9-2-1-5-17-7-9/h1-7,13H,16H2. The van der Waals surface area contributed by atoms with Gasteiger partial charge in [0.05, 0.1) is 5.69 Å². The van der Waals surface area contributed by atoms with Crippen LogP contribution in [0.5, 0.6) is 5.75 Å². The lowest BCUT2D eigenvalue weighted by atomic mass is 10.0. The Morgan fingerprint density at radius 3 is 2.68 bits per heavy atom. The molecule has 1 aromatic heterocycles. The molecule has 2 rings (SSSR count). The molecule has 0 spiro atoms. The van der Waals surface area contributed by atoms with Gasteiger partial charge in [-0.25, -0.2) is 0 Å². The Morgan fingerprint density at radius 2 is 2.05 bits per heavy atom. The van der Waals surface area contributed by atoms with Crippen molar-refractivity contribution in [3.05, 3.63) is 53.9 Å². The minimum atomic E-state index is -2.99. The summed E-state index contributed by atoms with van der Waals surface area (Å²) in [5, 5.41) is 0. The second kappa shape index (κ2) is 5.43. The summed E-state index contributed by atoms with van der Waals surface area (Å²) in [6, 6.07) is 7.18. The Bertz CT molecular complexity index is 588. The lowest BCUT2D eigenvalue weighted by Crippen LogP contribution is -2.07. The van der Waals surface area contributed by atoms with Crippen LogP contribution in [-0.4, -0.2) is 17.4 Å². The van der Waals surface area contributed by atoms with E-state index in [2.05, 4.69) is 9.72 Å². The first-order chi connectivity index (χ1) is 9.08. The minimum absolute atomic E-state index is 0.0445. The van der Waals surface area contributed by atoms with Crippen molar-refractivity contribution in [2.75, 3.05) is 5.73 Å². The number of benzene rings is 1. The Kier molecular flexibility index (Phi) is 3.70. The molecule has 0 radical (unpaired) electrons. The molecule has 0 aliphatic rings. The molecule has 2 N–H and O–H groups in total. The van der Waals surface area contributed by atoms with Crippen molar-refractivity contribution in [1.82, 2.24) is 4.98 Å². The first-order valence-electron chi connectivity index (χ1n) is 5.37. The molecule has 1 heterocycles. The van der Waals surface area contributed by atoms with Gasteiger partial charge in [0.1, 0.15) is 5.75 Å². The van der Waals surface area contributed by atoms with Crippen molar-refractivity contribution >= 4 is 11.5 Å². The number of pyridine rings is 1. The number of hydrogen-bond donors (Lipinski definition) is 1. The number of halogens is 2. The van der Waals surface area contributed by atoms with Gasteiger partial charge in [-0.2, -0.15) is 8.78 Å². The van der Waals surface area contributed by atoms with Crippen LogP contribution < -0.4 is 10.5 Å². The molecule has 0 saturated carbocycles. The highest BCUT2D eigenvalue weighted by Gasteiger charge is 2.14. The molecule has 6 heteroatoms. The van der Waals surface area contributed by atoms with Gasteiger partial charge in [0.15, 0.2) is 5.78 Å². The molecule has 98 valence electrons. The smallest absolute Gasteiger partial charge is 0.387 e. The molecule has 0 aliphatic carbocycles. The average molecular weight is 264 g/mol. The normalized spacial score (nSPS) is 10.5. The van der Waals surface area contributed by atoms with Crippen molar-refractivity contribution < 1.29 is 18.3 Å². The highest BCUT2D eigenvalue weighted by atomic mass is 19.3. The van der Waals surface area contributed by atoms with Gasteiger partial charge in [-0.05, 0) is 30.3 Å². The maximum atomic E-state index is 12.2. The number of hydrogen-bond acceptors (Lipinski definition) is 4. The third kappa shape index (κ3) is 3.04. The molecule has 0 fully saturated rings. The molecule has 4 nitrogen and oxygen atoms in total. The number of carbonyl (C=O) groups is 1. The van der Waals surface area contributed by atoms with Crippen LogP contribution in [0.3, 0.4) is 0 Å². The number of nitrogens with two attached hydrogens (primary N) is 1. The highest BCUT2D eigenvalue weighted by Crippen LogP contribution is 2.25. The predicted octanol–water partition coefficient (Wildman–Crippen LogP) is 2.50. The molecule has 19 heavy (non-hydrogen) atoms. The van der Waals surface area contributed by atoms with Crippen LogP contribution in [-0.2, 0) is 0 Å². The zero-order valence-electron chi connectivity index (χ0n) is 9.72. The van der Waals surface area contributed by atoms with Gasteiger partial charge in [0.25, 0.3) is 0 Å². The molecule has 0 saturated heterocycles. The summed E-state index contributed by atoms with van der Waals surface area (Å²) in [7, 11) is 0. The molecule has 0 aliphatic heterocycles. The molecular weight excluding hydrogens is 254 g/mol. The van der Waals surface area contributed by atoms with Crippen LogP contribution in [0.4, 0.5) is 14.5 Å². The summed E-state index contributed by atoms with van der Waals surface area (Å²) in [4.78, 5) is 15.9. The van der Waals surface area contributed by atoms with E-state index in [1.54, 1.807) is 12.1 Å². The van der Waals surface area contributed by atoms with E-state index in [9.17, 15) is 13.6 Å². The largest absolute Gasteiger partial charge is 0.433 e. The second-order valence-corrected chi connectivity index (χ2v) is 3.70. The molecule has 2 aromatic rings. The van der Waals surface area contributed by atoms with Gasteiger partial charge >= 0.3 is 6.61 Å². The average Bonchev–Trinajstić information content (AvgIpc) is 2.41. The zero-order valence-corrected chi connectivity index (χ0v) is 9.72. The lowest BCUT2D eigenvalue weighted by molar-refractivity contribution is -0.0493. The van der Waals surface area contributed by atoms with Crippen LogP contribution in [0, 0.1) is 0 Å². The topological polar surface area (TPSA) is 65.2 Å². The van der Waals surface area contributed by atoms with Crippen LogP contribution in [0.15, 0.2) is 42.7 Å². The van der Waals surface area contributed by atoms with Gasteiger partial charge in [-0.3, -0.25) is 9.78 Å². The molecular formula is C13H10F2N2O2. The molecule has 0 unspecified atom stereocenters. The van der Waals surface area contributed by atoms with Crippen molar-refractivity contribution in [2.24, 2.45) is 0 Å².